The molecule has 0 fully saturated rings. The number of aromatic nitrogens is 1. The zero-order valence-electron chi connectivity index (χ0n) is 11.9. The SMILES string of the molecule is COc1ccc(CNc2ccc3nc(C)sc3c2)c(O)c1. The van der Waals surface area contributed by atoms with Gasteiger partial charge in [0.2, 0.25) is 0 Å². The van der Waals surface area contributed by atoms with Gasteiger partial charge < -0.3 is 15.2 Å². The van der Waals surface area contributed by atoms with Gasteiger partial charge in [0.1, 0.15) is 11.5 Å². The number of fused-ring (bicyclic) bond motifs is 1. The van der Waals surface area contributed by atoms with Gasteiger partial charge in [-0.05, 0) is 37.3 Å². The average Bonchev–Trinajstić information content (AvgIpc) is 2.85. The number of hydrogen-bond acceptors (Lipinski definition) is 5. The highest BCUT2D eigenvalue weighted by atomic mass is 32.1. The lowest BCUT2D eigenvalue weighted by Crippen LogP contribution is -1.99. The molecule has 0 aliphatic carbocycles. The maximum atomic E-state index is 9.95. The first-order chi connectivity index (χ1) is 10.2. The molecule has 2 aromatic carbocycles. The van der Waals surface area contributed by atoms with Crippen LogP contribution in [0.25, 0.3) is 10.2 Å². The van der Waals surface area contributed by atoms with Crippen molar-refractivity contribution >= 4 is 27.2 Å². The van der Waals surface area contributed by atoms with Gasteiger partial charge in [0, 0.05) is 23.9 Å². The first kappa shape index (κ1) is 13.7. The van der Waals surface area contributed by atoms with E-state index >= 15 is 0 Å². The van der Waals surface area contributed by atoms with Crippen molar-refractivity contribution in [2.45, 2.75) is 13.5 Å². The Kier molecular flexibility index (Phi) is 3.66. The molecule has 0 aliphatic rings. The van der Waals surface area contributed by atoms with Gasteiger partial charge in [0.15, 0.2) is 0 Å². The summed E-state index contributed by atoms with van der Waals surface area (Å²) in [7, 11) is 1.58. The summed E-state index contributed by atoms with van der Waals surface area (Å²) in [5.74, 6) is 0.884. The molecule has 3 rings (SSSR count). The molecule has 0 radical (unpaired) electrons. The third-order valence-electron chi connectivity index (χ3n) is 3.27. The van der Waals surface area contributed by atoms with Gasteiger partial charge in [-0.2, -0.15) is 0 Å². The molecule has 1 heterocycles. The van der Waals surface area contributed by atoms with Gasteiger partial charge in [-0.15, -0.1) is 11.3 Å². The monoisotopic (exact) mass is 300 g/mol. The van der Waals surface area contributed by atoms with Crippen LogP contribution < -0.4 is 10.1 Å². The number of thiazole rings is 1. The Morgan fingerprint density at radius 3 is 2.86 bits per heavy atom. The van der Waals surface area contributed by atoms with E-state index in [2.05, 4.69) is 16.4 Å². The van der Waals surface area contributed by atoms with Gasteiger partial charge in [-0.3, -0.25) is 0 Å². The van der Waals surface area contributed by atoms with E-state index in [1.807, 2.05) is 31.2 Å². The summed E-state index contributed by atoms with van der Waals surface area (Å²) in [6, 6.07) is 11.4. The number of phenolic OH excluding ortho intramolecular Hbond substituents is 1. The van der Waals surface area contributed by atoms with E-state index in [-0.39, 0.29) is 5.75 Å². The molecule has 0 amide bonds. The van der Waals surface area contributed by atoms with E-state index in [1.54, 1.807) is 24.5 Å². The Hall–Kier alpha value is -2.27. The second kappa shape index (κ2) is 5.61. The van der Waals surface area contributed by atoms with E-state index in [4.69, 9.17) is 4.74 Å². The number of methoxy groups -OCH3 is 1. The van der Waals surface area contributed by atoms with Crippen LogP contribution in [0.4, 0.5) is 5.69 Å². The fourth-order valence-electron chi connectivity index (χ4n) is 2.17. The lowest BCUT2D eigenvalue weighted by atomic mass is 10.2. The summed E-state index contributed by atoms with van der Waals surface area (Å²) in [6.45, 7) is 2.56. The molecule has 0 bridgehead atoms. The van der Waals surface area contributed by atoms with E-state index < -0.39 is 0 Å². The quantitative estimate of drug-likeness (QED) is 0.766. The molecule has 4 nitrogen and oxygen atoms in total. The highest BCUT2D eigenvalue weighted by Gasteiger charge is 2.05. The number of aromatic hydroxyl groups is 1. The number of ether oxygens (including phenoxy) is 1. The van der Waals surface area contributed by atoms with Gasteiger partial charge in [0.05, 0.1) is 22.3 Å². The predicted molar refractivity (Wildman–Crippen MR) is 86.3 cm³/mol. The summed E-state index contributed by atoms with van der Waals surface area (Å²) in [5.41, 5.74) is 2.87. The molecule has 0 spiro atoms. The molecular formula is C16H16N2O2S. The number of nitrogens with one attached hydrogen (secondary N) is 1. The van der Waals surface area contributed by atoms with Crippen LogP contribution >= 0.6 is 11.3 Å². The third kappa shape index (κ3) is 2.92. The second-order valence-electron chi connectivity index (χ2n) is 4.76. The zero-order chi connectivity index (χ0) is 14.8. The molecule has 0 saturated heterocycles. The molecule has 2 N–H and O–H groups in total. The number of anilines is 1. The summed E-state index contributed by atoms with van der Waals surface area (Å²) in [5, 5.41) is 14.3. The van der Waals surface area contributed by atoms with Gasteiger partial charge in [-0.25, -0.2) is 4.98 Å². The lowest BCUT2D eigenvalue weighted by Gasteiger charge is -2.09. The van der Waals surface area contributed by atoms with Crippen LogP contribution in [0.5, 0.6) is 11.5 Å². The van der Waals surface area contributed by atoms with E-state index in [1.165, 1.54) is 0 Å². The molecule has 0 atom stereocenters. The highest BCUT2D eigenvalue weighted by Crippen LogP contribution is 2.27. The smallest absolute Gasteiger partial charge is 0.124 e. The minimum atomic E-state index is 0.233. The molecule has 0 aliphatic heterocycles. The van der Waals surface area contributed by atoms with Crippen LogP contribution in [0.15, 0.2) is 36.4 Å². The molecule has 3 aromatic rings. The first-order valence-corrected chi connectivity index (χ1v) is 7.44. The van der Waals surface area contributed by atoms with Crippen LogP contribution in [0.1, 0.15) is 10.6 Å². The van der Waals surface area contributed by atoms with Gasteiger partial charge >= 0.3 is 0 Å². The molecule has 0 unspecified atom stereocenters. The summed E-state index contributed by atoms with van der Waals surface area (Å²) in [4.78, 5) is 4.44. The van der Waals surface area contributed by atoms with Crippen molar-refractivity contribution in [2.24, 2.45) is 0 Å². The normalized spacial score (nSPS) is 10.8. The molecular weight excluding hydrogens is 284 g/mol. The Morgan fingerprint density at radius 2 is 2.10 bits per heavy atom. The van der Waals surface area contributed by atoms with Crippen LogP contribution in [-0.4, -0.2) is 17.2 Å². The maximum Gasteiger partial charge on any atom is 0.124 e. The van der Waals surface area contributed by atoms with Gasteiger partial charge in [0.25, 0.3) is 0 Å². The molecule has 1 aromatic heterocycles. The van der Waals surface area contributed by atoms with Crippen LogP contribution in [0, 0.1) is 6.92 Å². The molecule has 5 heteroatoms. The predicted octanol–water partition coefficient (Wildman–Crippen LogP) is 3.93. The molecule has 108 valence electrons. The minimum Gasteiger partial charge on any atom is -0.507 e. The van der Waals surface area contributed by atoms with E-state index in [0.717, 1.165) is 26.5 Å². The number of nitrogens with zero attached hydrogens (tertiary/aromatic N) is 1. The summed E-state index contributed by atoms with van der Waals surface area (Å²) in [6.07, 6.45) is 0. The van der Waals surface area contributed by atoms with Crippen molar-refractivity contribution in [3.05, 3.63) is 47.0 Å². The Morgan fingerprint density at radius 1 is 1.24 bits per heavy atom. The van der Waals surface area contributed by atoms with Crippen molar-refractivity contribution in [2.75, 3.05) is 12.4 Å². The van der Waals surface area contributed by atoms with Crippen molar-refractivity contribution < 1.29 is 9.84 Å². The highest BCUT2D eigenvalue weighted by molar-refractivity contribution is 7.18. The Labute approximate surface area is 127 Å². The van der Waals surface area contributed by atoms with E-state index in [9.17, 15) is 5.11 Å². The summed E-state index contributed by atoms with van der Waals surface area (Å²) < 4.78 is 6.24. The first-order valence-electron chi connectivity index (χ1n) is 6.62. The molecule has 0 saturated carbocycles. The van der Waals surface area contributed by atoms with Gasteiger partial charge in [-0.1, -0.05) is 0 Å². The van der Waals surface area contributed by atoms with Crippen molar-refractivity contribution in [3.63, 3.8) is 0 Å². The van der Waals surface area contributed by atoms with Crippen molar-refractivity contribution in [1.29, 1.82) is 0 Å². The van der Waals surface area contributed by atoms with Crippen molar-refractivity contribution in [3.8, 4) is 11.5 Å². The fourth-order valence-corrected chi connectivity index (χ4v) is 3.03. The van der Waals surface area contributed by atoms with Crippen LogP contribution in [0.3, 0.4) is 0 Å². The number of phenols is 1. The number of hydrogen-bond donors (Lipinski definition) is 2. The van der Waals surface area contributed by atoms with E-state index in [0.29, 0.717) is 12.3 Å². The fraction of sp³-hybridized carbons (Fsp3) is 0.188. The largest absolute Gasteiger partial charge is 0.507 e. The number of benzene rings is 2. The minimum absolute atomic E-state index is 0.233. The lowest BCUT2D eigenvalue weighted by molar-refractivity contribution is 0.406. The topological polar surface area (TPSA) is 54.4 Å². The summed E-state index contributed by atoms with van der Waals surface area (Å²) >= 11 is 1.68. The Bertz CT molecular complexity index is 783. The third-order valence-corrected chi connectivity index (χ3v) is 4.20. The standard InChI is InChI=1S/C16H16N2O2S/c1-10-18-14-6-4-12(7-16(14)21-10)17-9-11-3-5-13(20-2)8-15(11)19/h3-8,17,19H,9H2,1-2H3. The average molecular weight is 300 g/mol. The number of rotatable bonds is 4. The maximum absolute atomic E-state index is 9.95. The Balaban J connectivity index is 1.76. The molecule has 21 heavy (non-hydrogen) atoms. The zero-order valence-corrected chi connectivity index (χ0v) is 12.7. The van der Waals surface area contributed by atoms with Crippen LogP contribution in [-0.2, 0) is 6.54 Å². The van der Waals surface area contributed by atoms with Crippen LogP contribution in [0.2, 0.25) is 0 Å². The van der Waals surface area contributed by atoms with Crippen molar-refractivity contribution in [1.82, 2.24) is 4.98 Å². The second-order valence-corrected chi connectivity index (χ2v) is 6.00. The number of aryl methyl sites for hydroxylation is 1.